The highest BCUT2D eigenvalue weighted by Crippen LogP contribution is 2.49. The van der Waals surface area contributed by atoms with Gasteiger partial charge in [-0.1, -0.05) is 37.2 Å². The van der Waals surface area contributed by atoms with Gasteiger partial charge in [0.25, 0.3) is 0 Å². The van der Waals surface area contributed by atoms with Crippen LogP contribution in [-0.2, 0) is 14.8 Å². The average molecular weight is 623 g/mol. The maximum Gasteiger partial charge on any atom is 0.242 e. The van der Waals surface area contributed by atoms with Crippen molar-refractivity contribution >= 4 is 60.6 Å². The maximum absolute atomic E-state index is 14.2. The summed E-state index contributed by atoms with van der Waals surface area (Å²) in [6.07, 6.45) is 3.85. The number of piperazine rings is 1. The Labute approximate surface area is 247 Å². The van der Waals surface area contributed by atoms with Gasteiger partial charge in [-0.2, -0.15) is 5.26 Å². The van der Waals surface area contributed by atoms with E-state index in [0.717, 1.165) is 11.8 Å². The van der Waals surface area contributed by atoms with Gasteiger partial charge in [0.1, 0.15) is 27.5 Å². The Bertz CT molecular complexity index is 1590. The molecule has 3 fully saturated rings. The number of hydrogen-bond acceptors (Lipinski definition) is 9. The number of thioether (sulfide) groups is 1. The number of carbonyl (C=O) groups is 1. The number of pyridine rings is 1. The van der Waals surface area contributed by atoms with Crippen LogP contribution in [0.25, 0.3) is 5.52 Å². The van der Waals surface area contributed by atoms with E-state index in [4.69, 9.17) is 22.4 Å². The van der Waals surface area contributed by atoms with Crippen molar-refractivity contribution in [2.45, 2.75) is 62.9 Å². The number of imidazole rings is 1. The molecule has 11 nitrogen and oxygen atoms in total. The van der Waals surface area contributed by atoms with Gasteiger partial charge in [0.2, 0.25) is 15.9 Å². The molecule has 3 heterocycles. The van der Waals surface area contributed by atoms with E-state index in [1.165, 1.54) is 21.6 Å². The van der Waals surface area contributed by atoms with Gasteiger partial charge in [-0.25, -0.2) is 22.5 Å². The number of nitrogens with one attached hydrogen (secondary N) is 3. The Morgan fingerprint density at radius 1 is 1.32 bits per heavy atom. The fraction of sp³-hybridized carbons (Fsp3) is 0.577. The Morgan fingerprint density at radius 2 is 2.00 bits per heavy atom. The lowest BCUT2D eigenvalue weighted by molar-refractivity contribution is -0.137. The first-order chi connectivity index (χ1) is 19.2. The van der Waals surface area contributed by atoms with Crippen molar-refractivity contribution in [3.63, 3.8) is 0 Å². The van der Waals surface area contributed by atoms with Crippen molar-refractivity contribution in [3.05, 3.63) is 23.2 Å². The first-order valence-corrected chi connectivity index (χ1v) is 16.1. The zero-order valence-electron chi connectivity index (χ0n) is 23.0. The standard InChI is InChI=1S/C26H32ClFN8O3S2/c1-15(2)23(37)35-9-8-34(12-16(35)11-28)18-10-17(41(38,39)33-25(3)4-5-25)13-36-19(18)20(27)32-22(36)21(30)40-24(31)26(14-29)6-7-26/h10,13,15-16,30-31,33H,4-9,11-12H2,1-3H3/t16-/m1/s1. The second-order valence-electron chi connectivity index (χ2n) is 11.6. The summed E-state index contributed by atoms with van der Waals surface area (Å²) in [6.45, 7) is 5.22. The molecule has 3 N–H and O–H groups in total. The van der Waals surface area contributed by atoms with Crippen LogP contribution in [0.5, 0.6) is 0 Å². The van der Waals surface area contributed by atoms with Crippen LogP contribution < -0.4 is 9.62 Å². The van der Waals surface area contributed by atoms with Crippen LogP contribution in [0.2, 0.25) is 5.15 Å². The number of alkyl halides is 1. The molecule has 5 rings (SSSR count). The van der Waals surface area contributed by atoms with Gasteiger partial charge < -0.3 is 9.80 Å². The lowest BCUT2D eigenvalue weighted by Crippen LogP contribution is -2.57. The van der Waals surface area contributed by atoms with Crippen LogP contribution in [0.3, 0.4) is 0 Å². The number of amides is 1. The SMILES string of the molecule is CC(C)C(=O)N1CCN(c2cc(S(=O)(=O)NC3(C)CC3)cn3c(C(=N)SC(=N)C4(C#N)CC4)nc(Cl)c23)C[C@H]1CF. The Morgan fingerprint density at radius 3 is 2.56 bits per heavy atom. The van der Waals surface area contributed by atoms with E-state index >= 15 is 0 Å². The quantitative estimate of drug-likeness (QED) is 0.298. The molecule has 2 aliphatic carbocycles. The molecule has 0 unspecified atom stereocenters. The number of rotatable bonds is 8. The smallest absolute Gasteiger partial charge is 0.242 e. The van der Waals surface area contributed by atoms with Gasteiger partial charge in [-0.15, -0.1) is 0 Å². The van der Waals surface area contributed by atoms with E-state index in [1.54, 1.807) is 18.7 Å². The topological polar surface area (TPSA) is 159 Å². The number of fused-ring (bicyclic) bond motifs is 1. The van der Waals surface area contributed by atoms with Crippen LogP contribution in [0, 0.1) is 33.5 Å². The minimum Gasteiger partial charge on any atom is -0.366 e. The Kier molecular flexibility index (Phi) is 7.63. The van der Waals surface area contributed by atoms with Crippen LogP contribution in [0.1, 0.15) is 52.3 Å². The zero-order valence-corrected chi connectivity index (χ0v) is 25.4. The third kappa shape index (κ3) is 5.57. The third-order valence-corrected chi connectivity index (χ3v) is 10.8. The highest BCUT2D eigenvalue weighted by Gasteiger charge is 2.48. The number of hydrogen-bond donors (Lipinski definition) is 3. The van der Waals surface area contributed by atoms with Gasteiger partial charge in [-0.3, -0.25) is 20.0 Å². The minimum absolute atomic E-state index is 0.0110. The second kappa shape index (κ2) is 10.5. The number of nitrogens with zero attached hydrogens (tertiary/aromatic N) is 5. The first-order valence-electron chi connectivity index (χ1n) is 13.4. The normalized spacial score (nSPS) is 21.1. The summed E-state index contributed by atoms with van der Waals surface area (Å²) in [4.78, 5) is 20.3. The van der Waals surface area contributed by atoms with E-state index in [-0.39, 0.29) is 50.9 Å². The number of nitriles is 1. The van der Waals surface area contributed by atoms with Crippen molar-refractivity contribution in [2.75, 3.05) is 31.2 Å². The number of anilines is 1. The van der Waals surface area contributed by atoms with Gasteiger partial charge >= 0.3 is 0 Å². The summed E-state index contributed by atoms with van der Waals surface area (Å²) in [6, 6.07) is 2.88. The molecule has 0 aromatic carbocycles. The van der Waals surface area contributed by atoms with Crippen molar-refractivity contribution in [1.29, 1.82) is 16.1 Å². The third-order valence-electron chi connectivity index (χ3n) is 7.92. The summed E-state index contributed by atoms with van der Waals surface area (Å²) in [5.74, 6) is -0.422. The highest BCUT2D eigenvalue weighted by atomic mass is 35.5. The van der Waals surface area contributed by atoms with E-state index in [0.29, 0.717) is 43.4 Å². The zero-order chi connectivity index (χ0) is 29.9. The molecule has 1 atom stereocenters. The molecule has 0 radical (unpaired) electrons. The predicted molar refractivity (Wildman–Crippen MR) is 156 cm³/mol. The molecular weight excluding hydrogens is 591 g/mol. The molecule has 0 spiro atoms. The van der Waals surface area contributed by atoms with Gasteiger partial charge in [-0.05, 0) is 38.7 Å². The largest absolute Gasteiger partial charge is 0.366 e. The fourth-order valence-electron chi connectivity index (χ4n) is 4.94. The lowest BCUT2D eigenvalue weighted by atomic mass is 10.1. The van der Waals surface area contributed by atoms with Gasteiger partial charge in [0.15, 0.2) is 11.0 Å². The second-order valence-corrected chi connectivity index (χ2v) is 14.6. The monoisotopic (exact) mass is 622 g/mol. The number of aromatic nitrogens is 2. The van der Waals surface area contributed by atoms with Crippen LogP contribution in [-0.4, -0.2) is 76.6 Å². The molecule has 41 heavy (non-hydrogen) atoms. The molecule has 2 aromatic rings. The van der Waals surface area contributed by atoms with Gasteiger partial charge in [0, 0.05) is 37.3 Å². The first kappa shape index (κ1) is 29.8. The summed E-state index contributed by atoms with van der Waals surface area (Å²) in [5.41, 5.74) is -0.723. The van der Waals surface area contributed by atoms with Crippen molar-refractivity contribution in [2.24, 2.45) is 11.3 Å². The lowest BCUT2D eigenvalue weighted by Gasteiger charge is -2.42. The Hall–Kier alpha value is -2.73. The van der Waals surface area contributed by atoms with Crippen molar-refractivity contribution < 1.29 is 17.6 Å². The molecule has 1 aliphatic heterocycles. The summed E-state index contributed by atoms with van der Waals surface area (Å²) < 4.78 is 45.4. The van der Waals surface area contributed by atoms with Crippen molar-refractivity contribution in [1.82, 2.24) is 19.0 Å². The Balaban J connectivity index is 1.58. The van der Waals surface area contributed by atoms with E-state index < -0.39 is 33.7 Å². The molecule has 220 valence electrons. The maximum atomic E-state index is 14.2. The fourth-order valence-corrected chi connectivity index (χ4v) is 7.57. The number of sulfonamides is 1. The highest BCUT2D eigenvalue weighted by molar-refractivity contribution is 8.26. The van der Waals surface area contributed by atoms with E-state index in [1.807, 2.05) is 6.92 Å². The average Bonchev–Trinajstić information content (AvgIpc) is 3.85. The minimum atomic E-state index is -4.01. The van der Waals surface area contributed by atoms with Crippen LogP contribution >= 0.6 is 23.4 Å². The number of carbonyl (C=O) groups excluding carboxylic acids is 1. The molecular formula is C26H32ClFN8O3S2. The summed E-state index contributed by atoms with van der Waals surface area (Å²) in [7, 11) is -4.01. The van der Waals surface area contributed by atoms with Crippen molar-refractivity contribution in [3.8, 4) is 6.07 Å². The van der Waals surface area contributed by atoms with E-state index in [9.17, 15) is 22.9 Å². The van der Waals surface area contributed by atoms with Crippen LogP contribution in [0.15, 0.2) is 17.2 Å². The summed E-state index contributed by atoms with van der Waals surface area (Å²) in [5, 5.41) is 26.4. The summed E-state index contributed by atoms with van der Waals surface area (Å²) >= 11 is 7.40. The number of halogens is 2. The molecule has 1 saturated heterocycles. The molecule has 0 bridgehead atoms. The molecule has 3 aliphatic rings. The molecule has 2 aromatic heterocycles. The molecule has 15 heteroatoms. The molecule has 1 amide bonds. The van der Waals surface area contributed by atoms with Crippen LogP contribution in [0.4, 0.5) is 10.1 Å². The van der Waals surface area contributed by atoms with Gasteiger partial charge in [0.05, 0.1) is 22.8 Å². The van der Waals surface area contributed by atoms with E-state index in [2.05, 4.69) is 15.8 Å². The predicted octanol–water partition coefficient (Wildman–Crippen LogP) is 3.80. The molecule has 2 saturated carbocycles.